The van der Waals surface area contributed by atoms with Gasteiger partial charge in [0, 0.05) is 6.07 Å². The van der Waals surface area contributed by atoms with E-state index in [1.165, 1.54) is 31.4 Å². The summed E-state index contributed by atoms with van der Waals surface area (Å²) < 4.78 is 29.9. The Bertz CT molecular complexity index is 600. The average Bonchev–Trinajstić information content (AvgIpc) is 2.45. The smallest absolute Gasteiger partial charge is 0.145 e. The Labute approximate surface area is 126 Å². The van der Waals surface area contributed by atoms with Crippen molar-refractivity contribution in [3.8, 4) is 5.75 Å². The predicted molar refractivity (Wildman–Crippen MR) is 79.5 cm³/mol. The predicted octanol–water partition coefficient (Wildman–Crippen LogP) is 5.61. The number of halogens is 4. The Kier molecular flexibility index (Phi) is 6.49. The topological polar surface area (TPSA) is 9.23 Å². The van der Waals surface area contributed by atoms with Crippen LogP contribution in [0.2, 0.25) is 10.0 Å². The molecule has 0 aliphatic rings. The zero-order valence-corrected chi connectivity index (χ0v) is 12.2. The van der Waals surface area contributed by atoms with Crippen LogP contribution in [0.5, 0.6) is 5.75 Å². The molecule has 2 rings (SSSR count). The molecule has 0 unspecified atom stereocenters. The zero-order valence-electron chi connectivity index (χ0n) is 10.7. The van der Waals surface area contributed by atoms with Crippen molar-refractivity contribution in [1.29, 1.82) is 0 Å². The van der Waals surface area contributed by atoms with Crippen LogP contribution in [0.4, 0.5) is 8.78 Å². The van der Waals surface area contributed by atoms with E-state index in [0.717, 1.165) is 5.56 Å². The SMILES string of the molecule is C=Cc1ccc(Cl)c(F)c1.COc1ccc(Cl)c(F)c1. The molecule has 106 valence electrons. The quantitative estimate of drug-likeness (QED) is 0.699. The number of hydrogen-bond donors (Lipinski definition) is 0. The van der Waals surface area contributed by atoms with Crippen LogP contribution in [0, 0.1) is 11.6 Å². The molecule has 0 heterocycles. The summed E-state index contributed by atoms with van der Waals surface area (Å²) in [5, 5.41) is 0.256. The van der Waals surface area contributed by atoms with Gasteiger partial charge in [0.05, 0.1) is 17.2 Å². The fourth-order valence-corrected chi connectivity index (χ4v) is 1.48. The monoisotopic (exact) mass is 316 g/mol. The highest BCUT2D eigenvalue weighted by Gasteiger charge is 1.99. The van der Waals surface area contributed by atoms with Crippen molar-refractivity contribution in [3.63, 3.8) is 0 Å². The van der Waals surface area contributed by atoms with Gasteiger partial charge in [0.15, 0.2) is 0 Å². The first kappa shape index (κ1) is 16.5. The maximum absolute atomic E-state index is 12.6. The molecule has 20 heavy (non-hydrogen) atoms. The summed E-state index contributed by atoms with van der Waals surface area (Å²) in [5.74, 6) is -0.387. The molecule has 2 aromatic rings. The molecular formula is C15H12Cl2F2O. The van der Waals surface area contributed by atoms with Crippen molar-refractivity contribution >= 4 is 29.3 Å². The van der Waals surface area contributed by atoms with E-state index in [1.54, 1.807) is 18.2 Å². The Hall–Kier alpha value is -1.58. The van der Waals surface area contributed by atoms with E-state index in [-0.39, 0.29) is 10.0 Å². The molecule has 0 atom stereocenters. The van der Waals surface area contributed by atoms with Crippen LogP contribution in [-0.2, 0) is 0 Å². The van der Waals surface area contributed by atoms with Crippen molar-refractivity contribution < 1.29 is 13.5 Å². The summed E-state index contributed by atoms with van der Waals surface area (Å²) in [7, 11) is 1.47. The van der Waals surface area contributed by atoms with Crippen LogP contribution in [0.15, 0.2) is 43.0 Å². The first-order valence-corrected chi connectivity index (χ1v) is 6.30. The summed E-state index contributed by atoms with van der Waals surface area (Å²) in [6.07, 6.45) is 1.57. The van der Waals surface area contributed by atoms with Crippen LogP contribution < -0.4 is 4.74 Å². The summed E-state index contributed by atoms with van der Waals surface area (Å²) in [6.45, 7) is 3.49. The van der Waals surface area contributed by atoms with Crippen molar-refractivity contribution in [2.24, 2.45) is 0 Å². The van der Waals surface area contributed by atoms with E-state index in [4.69, 9.17) is 27.9 Å². The molecule has 0 saturated heterocycles. The Morgan fingerprint density at radius 3 is 2.00 bits per heavy atom. The van der Waals surface area contributed by atoms with Gasteiger partial charge in [-0.25, -0.2) is 8.78 Å². The van der Waals surface area contributed by atoms with Gasteiger partial charge in [0.1, 0.15) is 17.4 Å². The van der Waals surface area contributed by atoms with Gasteiger partial charge in [-0.2, -0.15) is 0 Å². The Morgan fingerprint density at radius 1 is 1.00 bits per heavy atom. The van der Waals surface area contributed by atoms with Crippen LogP contribution in [0.1, 0.15) is 5.56 Å². The van der Waals surface area contributed by atoms with Crippen LogP contribution in [0.25, 0.3) is 6.08 Å². The van der Waals surface area contributed by atoms with Gasteiger partial charge in [0.25, 0.3) is 0 Å². The molecule has 0 radical (unpaired) electrons. The third-order valence-corrected chi connectivity index (χ3v) is 2.92. The minimum absolute atomic E-state index is 0.112. The van der Waals surface area contributed by atoms with Crippen LogP contribution in [-0.4, -0.2) is 7.11 Å². The molecule has 1 nitrogen and oxygen atoms in total. The largest absolute Gasteiger partial charge is 0.497 e. The molecule has 0 aromatic heterocycles. The molecule has 2 aromatic carbocycles. The van der Waals surface area contributed by atoms with E-state index in [1.807, 2.05) is 0 Å². The normalized spacial score (nSPS) is 9.45. The van der Waals surface area contributed by atoms with E-state index in [9.17, 15) is 8.78 Å². The third kappa shape index (κ3) is 4.83. The number of ether oxygens (including phenoxy) is 1. The summed E-state index contributed by atoms with van der Waals surface area (Å²) >= 11 is 10.8. The lowest BCUT2D eigenvalue weighted by atomic mass is 10.2. The first-order chi connectivity index (χ1) is 9.47. The van der Waals surface area contributed by atoms with Gasteiger partial charge in [-0.05, 0) is 29.8 Å². The highest BCUT2D eigenvalue weighted by Crippen LogP contribution is 2.19. The molecule has 0 fully saturated rings. The molecule has 0 saturated carbocycles. The van der Waals surface area contributed by atoms with Crippen molar-refractivity contribution in [2.45, 2.75) is 0 Å². The Balaban J connectivity index is 0.000000200. The van der Waals surface area contributed by atoms with Gasteiger partial charge >= 0.3 is 0 Å². The van der Waals surface area contributed by atoms with E-state index >= 15 is 0 Å². The second kappa shape index (κ2) is 7.88. The second-order valence-electron chi connectivity index (χ2n) is 3.66. The Morgan fingerprint density at radius 2 is 1.55 bits per heavy atom. The molecule has 0 amide bonds. The second-order valence-corrected chi connectivity index (χ2v) is 4.47. The maximum atomic E-state index is 12.6. The molecule has 0 spiro atoms. The average molecular weight is 317 g/mol. The lowest BCUT2D eigenvalue weighted by molar-refractivity contribution is 0.411. The molecule has 0 aliphatic heterocycles. The first-order valence-electron chi connectivity index (χ1n) is 5.54. The molecule has 0 bridgehead atoms. The fraction of sp³-hybridized carbons (Fsp3) is 0.0667. The van der Waals surface area contributed by atoms with Gasteiger partial charge in [-0.3, -0.25) is 0 Å². The van der Waals surface area contributed by atoms with Gasteiger partial charge in [0.2, 0.25) is 0 Å². The van der Waals surface area contributed by atoms with Crippen LogP contribution >= 0.6 is 23.2 Å². The minimum atomic E-state index is -0.457. The highest BCUT2D eigenvalue weighted by molar-refractivity contribution is 6.31. The molecular weight excluding hydrogens is 305 g/mol. The number of rotatable bonds is 2. The van der Waals surface area contributed by atoms with E-state index in [2.05, 4.69) is 6.58 Å². The maximum Gasteiger partial charge on any atom is 0.145 e. The van der Waals surface area contributed by atoms with Crippen molar-refractivity contribution in [2.75, 3.05) is 7.11 Å². The fourth-order valence-electron chi connectivity index (χ4n) is 1.24. The summed E-state index contributed by atoms with van der Waals surface area (Å²) in [5.41, 5.74) is 0.738. The van der Waals surface area contributed by atoms with E-state index < -0.39 is 11.6 Å². The lowest BCUT2D eigenvalue weighted by Gasteiger charge is -1.98. The van der Waals surface area contributed by atoms with E-state index in [0.29, 0.717) is 5.75 Å². The van der Waals surface area contributed by atoms with Crippen LogP contribution in [0.3, 0.4) is 0 Å². The minimum Gasteiger partial charge on any atom is -0.497 e. The number of hydrogen-bond acceptors (Lipinski definition) is 1. The molecule has 5 heteroatoms. The zero-order chi connectivity index (χ0) is 15.1. The number of benzene rings is 2. The molecule has 0 aliphatic carbocycles. The summed E-state index contributed by atoms with van der Waals surface area (Å²) in [6, 6.07) is 8.85. The van der Waals surface area contributed by atoms with Gasteiger partial charge in [-0.15, -0.1) is 0 Å². The lowest BCUT2D eigenvalue weighted by Crippen LogP contribution is -1.83. The van der Waals surface area contributed by atoms with Crippen molar-refractivity contribution in [3.05, 3.63) is 70.2 Å². The van der Waals surface area contributed by atoms with Crippen molar-refractivity contribution in [1.82, 2.24) is 0 Å². The highest BCUT2D eigenvalue weighted by atomic mass is 35.5. The summed E-state index contributed by atoms with van der Waals surface area (Å²) in [4.78, 5) is 0. The standard InChI is InChI=1S/C8H6ClF.C7H6ClFO/c1-2-6-3-4-7(9)8(10)5-6;1-10-5-2-3-6(8)7(9)4-5/h2-5H,1H2;2-4H,1H3. The molecule has 0 N–H and O–H groups in total. The number of methoxy groups -OCH3 is 1. The van der Waals surface area contributed by atoms with Gasteiger partial charge in [-0.1, -0.05) is 41.9 Å². The third-order valence-electron chi connectivity index (χ3n) is 2.31. The van der Waals surface area contributed by atoms with Gasteiger partial charge < -0.3 is 4.74 Å².